The molecule has 1 amide bonds. The van der Waals surface area contributed by atoms with Gasteiger partial charge in [-0.2, -0.15) is 31.4 Å². The molecule has 16 heteroatoms. The van der Waals surface area contributed by atoms with Crippen molar-refractivity contribution in [1.29, 1.82) is 0 Å². The number of halogens is 7. The molecule has 0 aliphatic rings. The van der Waals surface area contributed by atoms with Crippen LogP contribution >= 0.6 is 22.9 Å². The van der Waals surface area contributed by atoms with Gasteiger partial charge >= 0.3 is 12.4 Å². The van der Waals surface area contributed by atoms with Gasteiger partial charge in [0, 0.05) is 18.7 Å². The largest absolute Gasteiger partial charge is 0.472 e. The van der Waals surface area contributed by atoms with Crippen LogP contribution in [0.4, 0.5) is 26.3 Å². The van der Waals surface area contributed by atoms with E-state index in [0.29, 0.717) is 17.4 Å². The summed E-state index contributed by atoms with van der Waals surface area (Å²) in [5.74, 6) is -0.863. The monoisotopic (exact) mass is 503 g/mol. The van der Waals surface area contributed by atoms with Crippen LogP contribution in [0.25, 0.3) is 4.96 Å². The second-order valence-electron chi connectivity index (χ2n) is 6.21. The summed E-state index contributed by atoms with van der Waals surface area (Å²) < 4.78 is 82.4. The third-order valence-electron chi connectivity index (χ3n) is 3.79. The molecule has 0 radical (unpaired) electrons. The maximum absolute atomic E-state index is 12.8. The van der Waals surface area contributed by atoms with Crippen molar-refractivity contribution < 1.29 is 35.9 Å². The molecule has 3 aromatic heterocycles. The molecular formula is C16H12ClF6N5O3S. The van der Waals surface area contributed by atoms with Crippen LogP contribution in [0.3, 0.4) is 0 Å². The van der Waals surface area contributed by atoms with E-state index in [0.717, 1.165) is 15.1 Å². The Morgan fingerprint density at radius 2 is 1.94 bits per heavy atom. The Morgan fingerprint density at radius 3 is 2.50 bits per heavy atom. The molecule has 0 aliphatic carbocycles. The topological polar surface area (TPSA) is 90.5 Å². The zero-order valence-corrected chi connectivity index (χ0v) is 17.4. The lowest BCUT2D eigenvalue weighted by atomic mass is 10.3. The summed E-state index contributed by atoms with van der Waals surface area (Å²) in [7, 11) is 0. The van der Waals surface area contributed by atoms with Crippen molar-refractivity contribution in [2.75, 3.05) is 13.2 Å². The van der Waals surface area contributed by atoms with Crippen LogP contribution in [-0.2, 0) is 12.7 Å². The molecule has 3 aromatic rings. The number of alkyl halides is 6. The highest BCUT2D eigenvalue weighted by Crippen LogP contribution is 2.32. The van der Waals surface area contributed by atoms with E-state index < -0.39 is 53.4 Å². The van der Waals surface area contributed by atoms with Crippen molar-refractivity contribution in [1.82, 2.24) is 24.5 Å². The molecule has 0 spiro atoms. The predicted molar refractivity (Wildman–Crippen MR) is 100 cm³/mol. The first-order valence-electron chi connectivity index (χ1n) is 8.64. The van der Waals surface area contributed by atoms with E-state index in [1.54, 1.807) is 6.92 Å². The number of nitrogens with one attached hydrogen (secondary N) is 1. The number of hydrogen-bond acceptors (Lipinski definition) is 6. The number of hydrogen-bond donors (Lipinski definition) is 1. The van der Waals surface area contributed by atoms with E-state index in [4.69, 9.17) is 16.3 Å². The number of fused-ring (bicyclic) bond motifs is 1. The van der Waals surface area contributed by atoms with Gasteiger partial charge < -0.3 is 10.1 Å². The number of carbonyl (C=O) groups excluding carboxylic acids is 1. The normalized spacial score (nSPS) is 12.4. The molecule has 0 saturated carbocycles. The number of aromatic nitrogens is 4. The second kappa shape index (κ2) is 8.61. The molecule has 0 bridgehead atoms. The van der Waals surface area contributed by atoms with Crippen LogP contribution in [0.5, 0.6) is 5.06 Å². The fourth-order valence-corrected chi connectivity index (χ4v) is 3.77. The maximum Gasteiger partial charge on any atom is 0.435 e. The quantitative estimate of drug-likeness (QED) is 0.521. The molecule has 0 aromatic carbocycles. The highest BCUT2D eigenvalue weighted by atomic mass is 35.5. The minimum Gasteiger partial charge on any atom is -0.472 e. The summed E-state index contributed by atoms with van der Waals surface area (Å²) >= 11 is 6.26. The van der Waals surface area contributed by atoms with Crippen LogP contribution in [-0.4, -0.2) is 44.4 Å². The second-order valence-corrected chi connectivity index (χ2v) is 7.54. The summed E-state index contributed by atoms with van der Waals surface area (Å²) in [6.45, 7) is -0.468. The number of thiazole rings is 1. The summed E-state index contributed by atoms with van der Waals surface area (Å²) in [5, 5.41) is 4.82. The van der Waals surface area contributed by atoms with Crippen molar-refractivity contribution >= 4 is 33.8 Å². The van der Waals surface area contributed by atoms with E-state index in [1.165, 1.54) is 0 Å². The molecule has 0 saturated heterocycles. The van der Waals surface area contributed by atoms with Crippen LogP contribution in [0.2, 0.25) is 5.15 Å². The van der Waals surface area contributed by atoms with Crippen LogP contribution in [0.15, 0.2) is 16.9 Å². The first-order valence-corrected chi connectivity index (χ1v) is 9.83. The maximum atomic E-state index is 12.8. The number of rotatable bonds is 6. The van der Waals surface area contributed by atoms with E-state index in [9.17, 15) is 35.9 Å². The first-order chi connectivity index (χ1) is 14.8. The number of nitrogens with zero attached hydrogens (tertiary/aromatic N) is 4. The van der Waals surface area contributed by atoms with Crippen LogP contribution in [0, 0.1) is 0 Å². The third-order valence-corrected chi connectivity index (χ3v) is 5.05. The lowest BCUT2D eigenvalue weighted by Gasteiger charge is -2.09. The van der Waals surface area contributed by atoms with Crippen molar-refractivity contribution in [3.05, 3.63) is 44.7 Å². The highest BCUT2D eigenvalue weighted by Gasteiger charge is 2.35. The lowest BCUT2D eigenvalue weighted by Crippen LogP contribution is -2.29. The predicted octanol–water partition coefficient (Wildman–Crippen LogP) is 3.36. The Hall–Kier alpha value is -2.81. The molecule has 0 atom stereocenters. The van der Waals surface area contributed by atoms with Crippen molar-refractivity contribution in [2.24, 2.45) is 0 Å². The molecule has 174 valence electrons. The smallest absolute Gasteiger partial charge is 0.435 e. The minimum atomic E-state index is -4.74. The van der Waals surface area contributed by atoms with Crippen molar-refractivity contribution in [2.45, 2.75) is 25.8 Å². The molecule has 0 fully saturated rings. The molecule has 1 N–H and O–H groups in total. The van der Waals surface area contributed by atoms with E-state index in [1.807, 2.05) is 0 Å². The van der Waals surface area contributed by atoms with Gasteiger partial charge in [0.15, 0.2) is 18.0 Å². The average Bonchev–Trinajstić information content (AvgIpc) is 3.20. The Morgan fingerprint density at radius 1 is 1.25 bits per heavy atom. The number of ether oxygens (including phenoxy) is 1. The molecule has 32 heavy (non-hydrogen) atoms. The first kappa shape index (κ1) is 23.8. The van der Waals surface area contributed by atoms with Gasteiger partial charge in [-0.25, -0.2) is 14.1 Å². The van der Waals surface area contributed by atoms with Gasteiger partial charge in [-0.1, -0.05) is 22.9 Å². The molecule has 8 nitrogen and oxygen atoms in total. The fourth-order valence-electron chi connectivity index (χ4n) is 2.56. The number of amides is 1. The van der Waals surface area contributed by atoms with Gasteiger partial charge in [0.25, 0.3) is 11.5 Å². The molecule has 0 aliphatic heterocycles. The number of carbonyl (C=O) groups is 1. The Labute approximate surface area is 183 Å². The van der Waals surface area contributed by atoms with E-state index >= 15 is 0 Å². The molecular weight excluding hydrogens is 492 g/mol. The summed E-state index contributed by atoms with van der Waals surface area (Å²) in [4.78, 5) is 28.8. The molecule has 0 unspecified atom stereocenters. The van der Waals surface area contributed by atoms with Crippen LogP contribution in [0.1, 0.15) is 28.8 Å². The lowest BCUT2D eigenvalue weighted by molar-refractivity contribution is -0.153. The Balaban J connectivity index is 2.05. The van der Waals surface area contributed by atoms with Gasteiger partial charge in [0.05, 0.1) is 12.2 Å². The van der Waals surface area contributed by atoms with Gasteiger partial charge in [0.2, 0.25) is 10.0 Å². The highest BCUT2D eigenvalue weighted by molar-refractivity contribution is 7.19. The molecule has 3 heterocycles. The van der Waals surface area contributed by atoms with Gasteiger partial charge in [-0.3, -0.25) is 9.59 Å². The van der Waals surface area contributed by atoms with Crippen molar-refractivity contribution in [3.63, 3.8) is 0 Å². The zero-order valence-electron chi connectivity index (χ0n) is 15.8. The SMILES string of the molecule is CCNC(=O)c1c(OCC(F)(F)F)sc2nc(Cn3nc(C(F)(F)F)cc3Cl)cc(=O)n12. The minimum absolute atomic E-state index is 0.0835. The summed E-state index contributed by atoms with van der Waals surface area (Å²) in [6.07, 6.45) is -9.45. The Bertz CT molecular complexity index is 1220. The summed E-state index contributed by atoms with van der Waals surface area (Å²) in [5.41, 5.74) is -2.67. The van der Waals surface area contributed by atoms with Gasteiger partial charge in [-0.15, -0.1) is 0 Å². The molecule has 3 rings (SSSR count). The average molecular weight is 504 g/mol. The third kappa shape index (κ3) is 5.15. The zero-order chi connectivity index (χ0) is 23.8. The summed E-state index contributed by atoms with van der Waals surface area (Å²) in [6, 6.07) is 1.50. The van der Waals surface area contributed by atoms with Gasteiger partial charge in [0.1, 0.15) is 5.15 Å². The van der Waals surface area contributed by atoms with E-state index in [2.05, 4.69) is 15.4 Å². The standard InChI is InChI=1S/C16H12ClF6N5O3S/c1-2-24-12(30)11-13(31-6-15(18,19)20)32-14-25-7(3-10(29)28(11)14)5-27-9(17)4-8(26-27)16(21,22)23/h3-4H,2,5-6H2,1H3,(H,24,30). The van der Waals surface area contributed by atoms with E-state index in [-0.39, 0.29) is 22.4 Å². The fraction of sp³-hybridized carbons (Fsp3) is 0.375. The van der Waals surface area contributed by atoms with Crippen molar-refractivity contribution in [3.8, 4) is 5.06 Å². The van der Waals surface area contributed by atoms with Gasteiger partial charge in [-0.05, 0) is 6.92 Å². The Kier molecular flexibility index (Phi) is 6.42. The van der Waals surface area contributed by atoms with Crippen LogP contribution < -0.4 is 15.6 Å².